The van der Waals surface area contributed by atoms with E-state index in [2.05, 4.69) is 4.74 Å². The van der Waals surface area contributed by atoms with Crippen molar-refractivity contribution >= 4 is 6.16 Å². The maximum Gasteiger partial charge on any atom is 0.550 e. The molecule has 0 unspecified atom stereocenters. The summed E-state index contributed by atoms with van der Waals surface area (Å²) < 4.78 is 3.94. The molecule has 0 aromatic heterocycles. The Balaban J connectivity index is 2.82. The predicted octanol–water partition coefficient (Wildman–Crippen LogP) is 0.778. The van der Waals surface area contributed by atoms with Crippen molar-refractivity contribution in [2.45, 2.75) is 6.92 Å². The topological polar surface area (TPSA) is 46.2 Å². The highest BCUT2D eigenvalue weighted by molar-refractivity contribution is 5.56. The van der Waals surface area contributed by atoms with Gasteiger partial charge in [0.2, 0.25) is 0 Å². The molecule has 0 N–H and O–H groups in total. The molecule has 2 radical (unpaired) electrons. The molecule has 0 saturated heterocycles. The molecular formula is C4H6O3. The van der Waals surface area contributed by atoms with Crippen LogP contribution < -0.4 is 0 Å². The van der Waals surface area contributed by atoms with E-state index in [4.69, 9.17) is 0 Å². The summed E-state index contributed by atoms with van der Waals surface area (Å²) >= 11 is 0. The Labute approximate surface area is 41.9 Å². The van der Waals surface area contributed by atoms with Crippen molar-refractivity contribution < 1.29 is 14.6 Å². The standard InChI is InChI=1S/C4H6O3/c1-2-3-7-4(5)6/h2H,3H2,1H3. The molecule has 0 rings (SSSR count). The van der Waals surface area contributed by atoms with Gasteiger partial charge >= 0.3 is 6.16 Å². The Morgan fingerprint density at radius 3 is 2.57 bits per heavy atom. The molecule has 3 heteroatoms. The van der Waals surface area contributed by atoms with Crippen LogP contribution in [0.25, 0.3) is 0 Å². The van der Waals surface area contributed by atoms with Crippen molar-refractivity contribution in [3.05, 3.63) is 6.42 Å². The summed E-state index contributed by atoms with van der Waals surface area (Å²) in [4.78, 5) is 9.40. The molecule has 0 aliphatic carbocycles. The van der Waals surface area contributed by atoms with Gasteiger partial charge < -0.3 is 4.74 Å². The summed E-state index contributed by atoms with van der Waals surface area (Å²) in [5, 5.41) is 9.40. The first-order valence-corrected chi connectivity index (χ1v) is 1.89. The van der Waals surface area contributed by atoms with Crippen LogP contribution in [0.1, 0.15) is 6.92 Å². The van der Waals surface area contributed by atoms with Crippen molar-refractivity contribution in [3.8, 4) is 0 Å². The molecule has 0 saturated carbocycles. The molecular weight excluding hydrogens is 96.0 g/mol. The summed E-state index contributed by atoms with van der Waals surface area (Å²) in [6.45, 7) is 1.81. The molecule has 0 amide bonds. The molecule has 40 valence electrons. The molecule has 0 aromatic rings. The van der Waals surface area contributed by atoms with Crippen molar-refractivity contribution in [1.82, 2.24) is 0 Å². The minimum Gasteiger partial charge on any atom is -0.431 e. The lowest BCUT2D eigenvalue weighted by Gasteiger charge is -1.89. The third kappa shape index (κ3) is 5.27. The van der Waals surface area contributed by atoms with Crippen molar-refractivity contribution in [2.75, 3.05) is 6.61 Å². The molecule has 3 nitrogen and oxygen atoms in total. The summed E-state index contributed by atoms with van der Waals surface area (Å²) in [5.74, 6) is 0. The largest absolute Gasteiger partial charge is 0.550 e. The Morgan fingerprint density at radius 1 is 1.86 bits per heavy atom. The average Bonchev–Trinajstić information content (AvgIpc) is 1.61. The molecule has 0 atom stereocenters. The normalized spacial score (nSPS) is 8.14. The number of hydrogen-bond donors (Lipinski definition) is 0. The average molecular weight is 102 g/mol. The lowest BCUT2D eigenvalue weighted by atomic mass is 10.5. The lowest BCUT2D eigenvalue weighted by Crippen LogP contribution is -1.98. The SMILES string of the molecule is C[CH]COC([O])=O. The van der Waals surface area contributed by atoms with Crippen LogP contribution in [0.5, 0.6) is 0 Å². The zero-order valence-corrected chi connectivity index (χ0v) is 4.01. The molecule has 0 aromatic carbocycles. The third-order valence-electron chi connectivity index (χ3n) is 0.368. The maximum absolute atomic E-state index is 9.40. The Hall–Kier alpha value is -0.730. The van der Waals surface area contributed by atoms with Crippen LogP contribution in [-0.4, -0.2) is 12.8 Å². The molecule has 7 heavy (non-hydrogen) atoms. The van der Waals surface area contributed by atoms with E-state index in [-0.39, 0.29) is 6.61 Å². The maximum atomic E-state index is 9.40. The first-order chi connectivity index (χ1) is 3.27. The van der Waals surface area contributed by atoms with Crippen LogP contribution in [0.2, 0.25) is 0 Å². The second-order valence-electron chi connectivity index (χ2n) is 0.969. The highest BCUT2D eigenvalue weighted by atomic mass is 16.7. The monoisotopic (exact) mass is 102 g/mol. The van der Waals surface area contributed by atoms with Gasteiger partial charge in [0, 0.05) is 0 Å². The van der Waals surface area contributed by atoms with Gasteiger partial charge in [0.05, 0.1) is 6.61 Å². The third-order valence-corrected chi connectivity index (χ3v) is 0.368. The minimum absolute atomic E-state index is 0.113. The summed E-state index contributed by atoms with van der Waals surface area (Å²) in [7, 11) is 0. The second-order valence-corrected chi connectivity index (χ2v) is 0.969. The minimum atomic E-state index is -1.47. The van der Waals surface area contributed by atoms with Gasteiger partial charge in [0.15, 0.2) is 0 Å². The highest BCUT2D eigenvalue weighted by Crippen LogP contribution is 1.77. The van der Waals surface area contributed by atoms with Gasteiger partial charge in [-0.05, 0) is 6.42 Å². The zero-order valence-electron chi connectivity index (χ0n) is 4.01. The Kier molecular flexibility index (Phi) is 3.10. The second kappa shape index (κ2) is 3.46. The number of carbonyl (C=O) groups excluding carboxylic acids is 1. The smallest absolute Gasteiger partial charge is 0.431 e. The van der Waals surface area contributed by atoms with Crippen LogP contribution >= 0.6 is 0 Å². The van der Waals surface area contributed by atoms with Crippen molar-refractivity contribution in [2.24, 2.45) is 0 Å². The summed E-state index contributed by atoms with van der Waals surface area (Å²) in [6.07, 6.45) is 0.105. The van der Waals surface area contributed by atoms with E-state index in [1.807, 2.05) is 0 Å². The highest BCUT2D eigenvalue weighted by Gasteiger charge is 1.93. The van der Waals surface area contributed by atoms with Gasteiger partial charge in [0.25, 0.3) is 0 Å². The van der Waals surface area contributed by atoms with Crippen molar-refractivity contribution in [3.63, 3.8) is 0 Å². The van der Waals surface area contributed by atoms with E-state index in [1.165, 1.54) is 0 Å². The van der Waals surface area contributed by atoms with Gasteiger partial charge in [-0.3, -0.25) is 0 Å². The predicted molar refractivity (Wildman–Crippen MR) is 22.0 cm³/mol. The van der Waals surface area contributed by atoms with E-state index < -0.39 is 6.16 Å². The summed E-state index contributed by atoms with van der Waals surface area (Å²) in [5.41, 5.74) is 0. The fourth-order valence-electron chi connectivity index (χ4n) is 0.151. The molecule has 0 aliphatic heterocycles. The van der Waals surface area contributed by atoms with Gasteiger partial charge in [-0.25, -0.2) is 0 Å². The van der Waals surface area contributed by atoms with E-state index in [0.29, 0.717) is 0 Å². The molecule has 0 heterocycles. The lowest BCUT2D eigenvalue weighted by molar-refractivity contribution is 0.0744. The zero-order chi connectivity index (χ0) is 5.70. The summed E-state index contributed by atoms with van der Waals surface area (Å²) in [6, 6.07) is 0. The van der Waals surface area contributed by atoms with Crippen LogP contribution in [0.4, 0.5) is 4.79 Å². The molecule has 0 aliphatic rings. The number of ether oxygens (including phenoxy) is 1. The van der Waals surface area contributed by atoms with E-state index in [9.17, 15) is 9.90 Å². The van der Waals surface area contributed by atoms with Crippen LogP contribution in [0.15, 0.2) is 0 Å². The molecule has 0 fully saturated rings. The Morgan fingerprint density at radius 2 is 2.43 bits per heavy atom. The number of rotatable bonds is 2. The number of carbonyl (C=O) groups is 1. The van der Waals surface area contributed by atoms with E-state index in [0.717, 1.165) is 0 Å². The van der Waals surface area contributed by atoms with Crippen LogP contribution in [0, 0.1) is 6.42 Å². The molecule has 0 spiro atoms. The van der Waals surface area contributed by atoms with Gasteiger partial charge in [0.1, 0.15) is 0 Å². The number of hydrogen-bond acceptors (Lipinski definition) is 2. The van der Waals surface area contributed by atoms with Gasteiger partial charge in [-0.2, -0.15) is 9.90 Å². The Bertz CT molecular complexity index is 60.0. The first-order valence-electron chi connectivity index (χ1n) is 1.89. The van der Waals surface area contributed by atoms with Crippen molar-refractivity contribution in [1.29, 1.82) is 0 Å². The quantitative estimate of drug-likeness (QED) is 0.483. The van der Waals surface area contributed by atoms with Gasteiger partial charge in [-0.15, -0.1) is 0 Å². The van der Waals surface area contributed by atoms with E-state index in [1.54, 1.807) is 13.3 Å². The van der Waals surface area contributed by atoms with Crippen LogP contribution in [0.3, 0.4) is 0 Å². The fourth-order valence-corrected chi connectivity index (χ4v) is 0.151. The fraction of sp³-hybridized carbons (Fsp3) is 0.500. The molecule has 0 bridgehead atoms. The van der Waals surface area contributed by atoms with E-state index >= 15 is 0 Å². The first kappa shape index (κ1) is 6.27. The van der Waals surface area contributed by atoms with Gasteiger partial charge in [-0.1, -0.05) is 6.92 Å². The van der Waals surface area contributed by atoms with Crippen LogP contribution in [-0.2, 0) is 9.84 Å².